The molecule has 0 aliphatic carbocycles. The van der Waals surface area contributed by atoms with Crippen LogP contribution in [0.1, 0.15) is 56.6 Å². The van der Waals surface area contributed by atoms with Gasteiger partial charge < -0.3 is 11.1 Å². The molecule has 0 spiro atoms. The van der Waals surface area contributed by atoms with Crippen molar-refractivity contribution in [2.45, 2.75) is 47.0 Å². The summed E-state index contributed by atoms with van der Waals surface area (Å²) in [6.45, 7) is 16.8. The van der Waals surface area contributed by atoms with E-state index in [1.54, 1.807) is 4.68 Å². The van der Waals surface area contributed by atoms with Gasteiger partial charge in [-0.1, -0.05) is 82.0 Å². The van der Waals surface area contributed by atoms with Crippen molar-refractivity contribution in [1.82, 2.24) is 15.1 Å². The number of hydrogen-bond acceptors (Lipinski definition) is 3. The topological polar surface area (TPSA) is 55.9 Å². The molecule has 0 aliphatic rings. The van der Waals surface area contributed by atoms with Crippen LogP contribution in [0.25, 0.3) is 11.4 Å². The number of alkyl halides is 2. The number of aromatic nitrogens is 2. The Morgan fingerprint density at radius 1 is 1.03 bits per heavy atom. The van der Waals surface area contributed by atoms with E-state index in [0.29, 0.717) is 24.5 Å². The Balaban J connectivity index is 0.000000733. The fraction of sp³-hybridized carbons (Fsp3) is 0.321. The van der Waals surface area contributed by atoms with Crippen molar-refractivity contribution >= 4 is 5.70 Å². The van der Waals surface area contributed by atoms with Crippen LogP contribution < -0.4 is 11.1 Å². The smallest absolute Gasteiger partial charge is 0.282 e. The molecule has 3 N–H and O–H groups in total. The molecule has 184 valence electrons. The van der Waals surface area contributed by atoms with E-state index in [-0.39, 0.29) is 5.69 Å². The predicted octanol–water partition coefficient (Wildman–Crippen LogP) is 6.72. The van der Waals surface area contributed by atoms with Gasteiger partial charge in [-0.25, -0.2) is 13.5 Å². The first kappa shape index (κ1) is 28.8. The fourth-order valence-electron chi connectivity index (χ4n) is 2.92. The second-order valence-electron chi connectivity index (χ2n) is 7.49. The zero-order chi connectivity index (χ0) is 25.5. The van der Waals surface area contributed by atoms with Crippen molar-refractivity contribution < 1.29 is 8.78 Å². The Morgan fingerprint density at radius 2 is 1.65 bits per heavy atom. The summed E-state index contributed by atoms with van der Waals surface area (Å²) in [5.74, 6) is 0. The highest BCUT2D eigenvalue weighted by atomic mass is 19.3. The second-order valence-corrected chi connectivity index (χ2v) is 7.49. The molecule has 1 heterocycles. The number of halogens is 2. The number of aryl methyl sites for hydroxylation is 1. The molecule has 0 saturated heterocycles. The summed E-state index contributed by atoms with van der Waals surface area (Å²) in [4.78, 5) is 0. The number of benzene rings is 2. The van der Waals surface area contributed by atoms with Crippen LogP contribution in [-0.4, -0.2) is 22.9 Å². The maximum absolute atomic E-state index is 13.2. The van der Waals surface area contributed by atoms with E-state index in [0.717, 1.165) is 29.7 Å². The first-order valence-electron chi connectivity index (χ1n) is 11.6. The number of hydrogen-bond donors (Lipinski definition) is 2. The minimum atomic E-state index is -2.63. The van der Waals surface area contributed by atoms with E-state index in [2.05, 4.69) is 42.6 Å². The molecule has 0 radical (unpaired) electrons. The highest BCUT2D eigenvalue weighted by Gasteiger charge is 2.18. The number of nitrogens with one attached hydrogen (secondary N) is 1. The molecule has 0 fully saturated rings. The van der Waals surface area contributed by atoms with Gasteiger partial charge in [0.2, 0.25) is 0 Å². The van der Waals surface area contributed by atoms with E-state index < -0.39 is 6.43 Å². The SMILES string of the molecule is C=C(C)CN.C=C(NCCc1ccccc1)c1cc(C(F)F)nn1-c1cccc(CC)c1.CC. The van der Waals surface area contributed by atoms with E-state index in [9.17, 15) is 8.78 Å². The van der Waals surface area contributed by atoms with E-state index in [1.807, 2.05) is 63.2 Å². The van der Waals surface area contributed by atoms with Gasteiger partial charge in [0.05, 0.1) is 17.1 Å². The average Bonchev–Trinajstić information content (AvgIpc) is 3.32. The van der Waals surface area contributed by atoms with Crippen LogP contribution in [0, 0.1) is 0 Å². The second kappa shape index (κ2) is 15.6. The molecule has 1 aromatic heterocycles. The highest BCUT2D eigenvalue weighted by Crippen LogP contribution is 2.24. The van der Waals surface area contributed by atoms with Crippen LogP contribution in [0.2, 0.25) is 0 Å². The van der Waals surface area contributed by atoms with Gasteiger partial charge in [0, 0.05) is 13.1 Å². The monoisotopic (exact) mass is 468 g/mol. The van der Waals surface area contributed by atoms with Crippen molar-refractivity contribution in [2.24, 2.45) is 5.73 Å². The molecule has 0 aliphatic heterocycles. The largest absolute Gasteiger partial charge is 0.383 e. The molecule has 34 heavy (non-hydrogen) atoms. The minimum absolute atomic E-state index is 0.252. The summed E-state index contributed by atoms with van der Waals surface area (Å²) in [7, 11) is 0. The summed E-state index contributed by atoms with van der Waals surface area (Å²) in [6, 6.07) is 19.2. The van der Waals surface area contributed by atoms with Crippen LogP contribution in [0.15, 0.2) is 79.4 Å². The van der Waals surface area contributed by atoms with Gasteiger partial charge in [0.1, 0.15) is 5.69 Å². The Kier molecular flexibility index (Phi) is 13.2. The van der Waals surface area contributed by atoms with Gasteiger partial charge in [-0.15, -0.1) is 0 Å². The molecule has 0 unspecified atom stereocenters. The molecular weight excluding hydrogens is 430 g/mol. The summed E-state index contributed by atoms with van der Waals surface area (Å²) in [6.07, 6.45) is -0.944. The quantitative estimate of drug-likeness (QED) is 0.343. The first-order valence-corrected chi connectivity index (χ1v) is 11.6. The lowest BCUT2D eigenvalue weighted by Gasteiger charge is -2.13. The Labute approximate surface area is 203 Å². The fourth-order valence-corrected chi connectivity index (χ4v) is 2.92. The first-order chi connectivity index (χ1) is 16.3. The lowest BCUT2D eigenvalue weighted by molar-refractivity contribution is 0.145. The van der Waals surface area contributed by atoms with E-state index >= 15 is 0 Å². The van der Waals surface area contributed by atoms with Gasteiger partial charge in [0.25, 0.3) is 6.43 Å². The predicted molar refractivity (Wildman–Crippen MR) is 140 cm³/mol. The lowest BCUT2D eigenvalue weighted by Crippen LogP contribution is -2.17. The van der Waals surface area contributed by atoms with Gasteiger partial charge in [-0.05, 0) is 49.1 Å². The summed E-state index contributed by atoms with van der Waals surface area (Å²) >= 11 is 0. The molecule has 0 saturated carbocycles. The molecule has 3 rings (SSSR count). The number of nitrogens with two attached hydrogens (primary N) is 1. The molecule has 0 atom stereocenters. The molecule has 6 heteroatoms. The molecule has 0 amide bonds. The van der Waals surface area contributed by atoms with Crippen LogP contribution in [0.5, 0.6) is 0 Å². The van der Waals surface area contributed by atoms with Crippen LogP contribution in [0.4, 0.5) is 8.78 Å². The Morgan fingerprint density at radius 3 is 2.21 bits per heavy atom. The van der Waals surface area contributed by atoms with Crippen molar-refractivity contribution in [3.8, 4) is 5.69 Å². The van der Waals surface area contributed by atoms with Crippen LogP contribution in [0.3, 0.4) is 0 Å². The average molecular weight is 469 g/mol. The normalized spacial score (nSPS) is 10.0. The molecular formula is C28H38F2N4. The van der Waals surface area contributed by atoms with Gasteiger partial charge in [-0.2, -0.15) is 5.10 Å². The van der Waals surface area contributed by atoms with Gasteiger partial charge >= 0.3 is 0 Å². The minimum Gasteiger partial charge on any atom is -0.383 e. The lowest BCUT2D eigenvalue weighted by atomic mass is 10.1. The van der Waals surface area contributed by atoms with Crippen molar-refractivity contribution in [1.29, 1.82) is 0 Å². The van der Waals surface area contributed by atoms with Gasteiger partial charge in [-0.3, -0.25) is 0 Å². The standard InChI is InChI=1S/C22H23F2N3.C4H9N.C2H6/c1-3-17-10-7-11-19(14-17)27-21(15-20(26-27)22(23)24)16(2)25-13-12-18-8-5-4-6-9-18;1-4(2)3-5;1-2/h4-11,14-15,22,25H,2-3,12-13H2,1H3;1,3,5H2,2H3;1-2H3. The van der Waals surface area contributed by atoms with Crippen LogP contribution in [-0.2, 0) is 12.8 Å². The summed E-state index contributed by atoms with van der Waals surface area (Å²) in [5, 5.41) is 7.35. The third kappa shape index (κ3) is 9.32. The summed E-state index contributed by atoms with van der Waals surface area (Å²) in [5.41, 5.74) is 10.1. The number of nitrogens with zero attached hydrogens (tertiary/aromatic N) is 2. The van der Waals surface area contributed by atoms with E-state index in [1.165, 1.54) is 11.6 Å². The number of rotatable bonds is 9. The van der Waals surface area contributed by atoms with Crippen molar-refractivity contribution in [2.75, 3.05) is 13.1 Å². The highest BCUT2D eigenvalue weighted by molar-refractivity contribution is 5.61. The molecule has 4 nitrogen and oxygen atoms in total. The maximum Gasteiger partial charge on any atom is 0.282 e. The maximum atomic E-state index is 13.2. The Hall–Kier alpha value is -3.25. The molecule has 0 bridgehead atoms. The molecule has 3 aromatic rings. The van der Waals surface area contributed by atoms with Gasteiger partial charge in [0.15, 0.2) is 0 Å². The zero-order valence-electron chi connectivity index (χ0n) is 20.8. The third-order valence-corrected chi connectivity index (χ3v) is 4.77. The van der Waals surface area contributed by atoms with Crippen molar-refractivity contribution in [3.05, 3.63) is 102 Å². The molecule has 2 aromatic carbocycles. The third-order valence-electron chi connectivity index (χ3n) is 4.77. The Bertz CT molecular complexity index is 1010. The summed E-state index contributed by atoms with van der Waals surface area (Å²) < 4.78 is 28.0. The van der Waals surface area contributed by atoms with Crippen molar-refractivity contribution in [3.63, 3.8) is 0 Å². The van der Waals surface area contributed by atoms with E-state index in [4.69, 9.17) is 5.73 Å². The zero-order valence-corrected chi connectivity index (χ0v) is 20.8. The van der Waals surface area contributed by atoms with Crippen LogP contribution >= 0.6 is 0 Å².